The molecule has 1 aromatic carbocycles. The topological polar surface area (TPSA) is 67.6 Å². The number of nitro benzene ring substituents is 1. The number of halogens is 1. The first-order valence-electron chi connectivity index (χ1n) is 6.11. The molecule has 0 amide bonds. The van der Waals surface area contributed by atoms with Crippen molar-refractivity contribution in [2.45, 2.75) is 6.42 Å². The van der Waals surface area contributed by atoms with Crippen LogP contribution in [0.5, 0.6) is 5.75 Å². The van der Waals surface area contributed by atoms with Gasteiger partial charge in [-0.05, 0) is 13.0 Å². The lowest BCUT2D eigenvalue weighted by Crippen LogP contribution is -2.28. The molecule has 0 unspecified atom stereocenters. The van der Waals surface area contributed by atoms with Gasteiger partial charge in [-0.2, -0.15) is 0 Å². The third-order valence-electron chi connectivity index (χ3n) is 3.13. The zero-order chi connectivity index (χ0) is 13.8. The average Bonchev–Trinajstić information content (AvgIpc) is 2.67. The molecule has 19 heavy (non-hydrogen) atoms. The van der Waals surface area contributed by atoms with Crippen LogP contribution in [0.3, 0.4) is 0 Å². The largest absolute Gasteiger partial charge is 0.494 e. The lowest BCUT2D eigenvalue weighted by molar-refractivity contribution is -0.384. The third-order valence-corrected chi connectivity index (χ3v) is 3.13. The van der Waals surface area contributed by atoms with E-state index in [4.69, 9.17) is 4.74 Å². The van der Waals surface area contributed by atoms with Crippen molar-refractivity contribution in [3.8, 4) is 5.75 Å². The lowest BCUT2D eigenvalue weighted by atomic mass is 10.2. The summed E-state index contributed by atoms with van der Waals surface area (Å²) in [4.78, 5) is 12.4. The second-order valence-electron chi connectivity index (χ2n) is 4.32. The first-order valence-corrected chi connectivity index (χ1v) is 6.11. The maximum Gasteiger partial charge on any atom is 0.295 e. The molecule has 1 aliphatic rings. The monoisotopic (exact) mass is 269 g/mol. The highest BCUT2D eigenvalue weighted by Gasteiger charge is 2.23. The van der Waals surface area contributed by atoms with Crippen molar-refractivity contribution < 1.29 is 14.1 Å². The van der Waals surface area contributed by atoms with Gasteiger partial charge in [0.25, 0.3) is 5.69 Å². The van der Waals surface area contributed by atoms with Crippen LogP contribution in [0.15, 0.2) is 12.1 Å². The van der Waals surface area contributed by atoms with E-state index >= 15 is 0 Å². The summed E-state index contributed by atoms with van der Waals surface area (Å²) < 4.78 is 18.5. The average molecular weight is 269 g/mol. The summed E-state index contributed by atoms with van der Waals surface area (Å²) in [6.07, 6.45) is 0.886. The molecule has 0 aliphatic carbocycles. The van der Waals surface area contributed by atoms with E-state index in [0.29, 0.717) is 18.8 Å². The normalized spacial score (nSPS) is 16.0. The first-order chi connectivity index (χ1) is 9.13. The maximum absolute atomic E-state index is 13.6. The second-order valence-corrected chi connectivity index (χ2v) is 4.32. The standard InChI is InChI=1S/C12H16FN3O3/c1-19-12-8-10(11(16(17)18)7-9(12)13)15-5-2-3-14-4-6-15/h7-8,14H,2-6H2,1H3. The maximum atomic E-state index is 13.6. The molecule has 0 aromatic heterocycles. The Bertz CT molecular complexity index is 474. The predicted molar refractivity (Wildman–Crippen MR) is 69.3 cm³/mol. The number of methoxy groups -OCH3 is 1. The molecular weight excluding hydrogens is 253 g/mol. The quantitative estimate of drug-likeness (QED) is 0.666. The van der Waals surface area contributed by atoms with Gasteiger partial charge in [0.2, 0.25) is 0 Å². The van der Waals surface area contributed by atoms with Crippen LogP contribution in [-0.2, 0) is 0 Å². The van der Waals surface area contributed by atoms with Gasteiger partial charge >= 0.3 is 0 Å². The van der Waals surface area contributed by atoms with E-state index in [1.54, 1.807) is 0 Å². The van der Waals surface area contributed by atoms with E-state index in [1.807, 2.05) is 4.90 Å². The Morgan fingerprint density at radius 2 is 2.21 bits per heavy atom. The molecule has 1 heterocycles. The molecule has 0 saturated carbocycles. The van der Waals surface area contributed by atoms with Crippen molar-refractivity contribution in [2.24, 2.45) is 0 Å². The molecule has 1 aromatic rings. The Kier molecular flexibility index (Phi) is 4.16. The van der Waals surface area contributed by atoms with Crippen molar-refractivity contribution in [1.82, 2.24) is 5.32 Å². The molecule has 0 radical (unpaired) electrons. The van der Waals surface area contributed by atoms with E-state index in [0.717, 1.165) is 25.6 Å². The highest BCUT2D eigenvalue weighted by atomic mass is 19.1. The molecular formula is C12H16FN3O3. The molecule has 1 aliphatic heterocycles. The van der Waals surface area contributed by atoms with Gasteiger partial charge in [-0.15, -0.1) is 0 Å². The number of rotatable bonds is 3. The Morgan fingerprint density at radius 1 is 1.42 bits per heavy atom. The van der Waals surface area contributed by atoms with Crippen molar-refractivity contribution in [1.29, 1.82) is 0 Å². The SMILES string of the molecule is COc1cc(N2CCCNCC2)c([N+](=O)[O-])cc1F. The van der Waals surface area contributed by atoms with Crippen LogP contribution >= 0.6 is 0 Å². The number of benzene rings is 1. The van der Waals surface area contributed by atoms with Gasteiger partial charge in [-0.25, -0.2) is 4.39 Å². The van der Waals surface area contributed by atoms with Crippen LogP contribution in [-0.4, -0.2) is 38.2 Å². The molecule has 0 atom stereocenters. The summed E-state index contributed by atoms with van der Waals surface area (Å²) in [5.41, 5.74) is 0.187. The van der Waals surface area contributed by atoms with E-state index in [9.17, 15) is 14.5 Å². The van der Waals surface area contributed by atoms with Gasteiger partial charge in [-0.3, -0.25) is 10.1 Å². The number of nitrogens with one attached hydrogen (secondary N) is 1. The van der Waals surface area contributed by atoms with Crippen LogP contribution < -0.4 is 15.0 Å². The number of hydrogen-bond acceptors (Lipinski definition) is 5. The van der Waals surface area contributed by atoms with Crippen LogP contribution in [0.4, 0.5) is 15.8 Å². The van der Waals surface area contributed by atoms with Crippen LogP contribution in [0.1, 0.15) is 6.42 Å². The van der Waals surface area contributed by atoms with Gasteiger partial charge in [0, 0.05) is 25.7 Å². The summed E-state index contributed by atoms with van der Waals surface area (Å²) in [6.45, 7) is 2.97. The van der Waals surface area contributed by atoms with E-state index in [1.165, 1.54) is 13.2 Å². The zero-order valence-electron chi connectivity index (χ0n) is 10.7. The summed E-state index contributed by atoms with van der Waals surface area (Å²) >= 11 is 0. The van der Waals surface area contributed by atoms with Gasteiger partial charge in [0.15, 0.2) is 11.6 Å². The Hall–Kier alpha value is -1.89. The molecule has 0 spiro atoms. The molecule has 6 nitrogen and oxygen atoms in total. The van der Waals surface area contributed by atoms with Gasteiger partial charge in [0.1, 0.15) is 5.69 Å². The predicted octanol–water partition coefficient (Wildman–Crippen LogP) is 1.54. The molecule has 104 valence electrons. The smallest absolute Gasteiger partial charge is 0.295 e. The Morgan fingerprint density at radius 3 is 2.89 bits per heavy atom. The van der Waals surface area contributed by atoms with Gasteiger partial charge in [0.05, 0.1) is 18.1 Å². The van der Waals surface area contributed by atoms with Crippen LogP contribution in [0.2, 0.25) is 0 Å². The van der Waals surface area contributed by atoms with Crippen molar-refractivity contribution >= 4 is 11.4 Å². The number of nitro groups is 1. The lowest BCUT2D eigenvalue weighted by Gasteiger charge is -2.22. The fraction of sp³-hybridized carbons (Fsp3) is 0.500. The first kappa shape index (κ1) is 13.5. The molecule has 1 N–H and O–H groups in total. The van der Waals surface area contributed by atoms with E-state index in [2.05, 4.69) is 5.32 Å². The fourth-order valence-electron chi connectivity index (χ4n) is 2.17. The third kappa shape index (κ3) is 2.93. The number of anilines is 1. The number of nitrogens with zero attached hydrogens (tertiary/aromatic N) is 2. The molecule has 7 heteroatoms. The number of hydrogen-bond donors (Lipinski definition) is 1. The molecule has 2 rings (SSSR count). The molecule has 1 saturated heterocycles. The van der Waals surface area contributed by atoms with Crippen molar-refractivity contribution in [3.05, 3.63) is 28.1 Å². The number of ether oxygens (including phenoxy) is 1. The summed E-state index contributed by atoms with van der Waals surface area (Å²) in [5, 5.41) is 14.3. The highest BCUT2D eigenvalue weighted by Crippen LogP contribution is 2.34. The molecule has 1 fully saturated rings. The van der Waals surface area contributed by atoms with Crippen molar-refractivity contribution in [2.75, 3.05) is 38.2 Å². The van der Waals surface area contributed by atoms with Gasteiger partial charge < -0.3 is 15.0 Å². The van der Waals surface area contributed by atoms with Crippen molar-refractivity contribution in [3.63, 3.8) is 0 Å². The zero-order valence-corrected chi connectivity index (χ0v) is 10.7. The Balaban J connectivity index is 2.42. The van der Waals surface area contributed by atoms with Crippen LogP contribution in [0.25, 0.3) is 0 Å². The minimum Gasteiger partial charge on any atom is -0.494 e. The second kappa shape index (κ2) is 5.83. The highest BCUT2D eigenvalue weighted by molar-refractivity contribution is 5.66. The minimum absolute atomic E-state index is 0.0257. The van der Waals surface area contributed by atoms with E-state index < -0.39 is 10.7 Å². The van der Waals surface area contributed by atoms with Gasteiger partial charge in [-0.1, -0.05) is 0 Å². The summed E-state index contributed by atoms with van der Waals surface area (Å²) in [7, 11) is 1.35. The summed E-state index contributed by atoms with van der Waals surface area (Å²) in [5.74, 6) is -0.691. The van der Waals surface area contributed by atoms with E-state index in [-0.39, 0.29) is 11.4 Å². The fourth-order valence-corrected chi connectivity index (χ4v) is 2.17. The minimum atomic E-state index is -0.717. The van der Waals surface area contributed by atoms with Crippen LogP contribution in [0, 0.1) is 15.9 Å². The Labute approximate surface area is 110 Å². The summed E-state index contributed by atoms with van der Waals surface area (Å²) in [6, 6.07) is 2.32. The molecule has 0 bridgehead atoms.